The topological polar surface area (TPSA) is 21.3 Å². The molecular formula is C11H14ClNO. The second-order valence-electron chi connectivity index (χ2n) is 3.81. The Hall–Kier alpha value is -0.570. The van der Waals surface area contributed by atoms with Crippen LogP contribution in [0.5, 0.6) is 0 Å². The second-order valence-corrected chi connectivity index (χ2v) is 3.81. The standard InChI is InChI=1S/C11H13NO.ClH/c1-2-4-11-9(3-1)10-6-12-5-8(10)7-13-11;/h1-4,8,11-12H,5-7H2;1H. The molecule has 2 heterocycles. The Morgan fingerprint density at radius 2 is 2.29 bits per heavy atom. The molecule has 0 spiro atoms. The van der Waals surface area contributed by atoms with Gasteiger partial charge in [0, 0.05) is 19.0 Å². The maximum absolute atomic E-state index is 5.76. The largest absolute Gasteiger partial charge is 0.369 e. The van der Waals surface area contributed by atoms with Crippen LogP contribution in [0.15, 0.2) is 35.5 Å². The predicted octanol–water partition coefficient (Wildman–Crippen LogP) is 1.45. The minimum atomic E-state index is 0. The number of allylic oxidation sites excluding steroid dienone is 2. The van der Waals surface area contributed by atoms with Gasteiger partial charge in [-0.05, 0) is 11.1 Å². The number of fused-ring (bicyclic) bond motifs is 2. The number of ether oxygens (including phenoxy) is 1. The van der Waals surface area contributed by atoms with Gasteiger partial charge in [0.25, 0.3) is 0 Å². The first kappa shape index (κ1) is 9.97. The van der Waals surface area contributed by atoms with Crippen LogP contribution in [0.3, 0.4) is 0 Å². The average Bonchev–Trinajstić information content (AvgIpc) is 2.65. The molecule has 1 fully saturated rings. The third-order valence-electron chi connectivity index (χ3n) is 3.03. The highest BCUT2D eigenvalue weighted by Gasteiger charge is 2.31. The van der Waals surface area contributed by atoms with Gasteiger partial charge in [0.05, 0.1) is 6.61 Å². The lowest BCUT2D eigenvalue weighted by molar-refractivity contribution is 0.0768. The molecule has 3 aliphatic rings. The van der Waals surface area contributed by atoms with Crippen molar-refractivity contribution in [1.29, 1.82) is 0 Å². The number of rotatable bonds is 0. The molecule has 14 heavy (non-hydrogen) atoms. The summed E-state index contributed by atoms with van der Waals surface area (Å²) < 4.78 is 5.76. The summed E-state index contributed by atoms with van der Waals surface area (Å²) in [4.78, 5) is 0. The summed E-state index contributed by atoms with van der Waals surface area (Å²) in [7, 11) is 0. The van der Waals surface area contributed by atoms with Crippen LogP contribution in [-0.4, -0.2) is 25.8 Å². The van der Waals surface area contributed by atoms with E-state index in [1.165, 1.54) is 5.57 Å². The molecule has 2 atom stereocenters. The summed E-state index contributed by atoms with van der Waals surface area (Å²) in [6.45, 7) is 3.02. The zero-order chi connectivity index (χ0) is 8.67. The highest BCUT2D eigenvalue weighted by molar-refractivity contribution is 5.85. The monoisotopic (exact) mass is 211 g/mol. The van der Waals surface area contributed by atoms with E-state index in [4.69, 9.17) is 4.74 Å². The van der Waals surface area contributed by atoms with Gasteiger partial charge in [0.1, 0.15) is 6.10 Å². The first-order valence-corrected chi connectivity index (χ1v) is 4.85. The van der Waals surface area contributed by atoms with E-state index in [9.17, 15) is 0 Å². The van der Waals surface area contributed by atoms with Crippen LogP contribution in [0.25, 0.3) is 0 Å². The molecule has 76 valence electrons. The van der Waals surface area contributed by atoms with E-state index < -0.39 is 0 Å². The summed E-state index contributed by atoms with van der Waals surface area (Å²) in [5, 5.41) is 3.40. The zero-order valence-corrected chi connectivity index (χ0v) is 8.72. The van der Waals surface area contributed by atoms with Gasteiger partial charge in [-0.1, -0.05) is 24.3 Å². The molecule has 0 amide bonds. The van der Waals surface area contributed by atoms with E-state index >= 15 is 0 Å². The Bertz CT molecular complexity index is 319. The fourth-order valence-electron chi connectivity index (χ4n) is 2.32. The maximum Gasteiger partial charge on any atom is 0.101 e. The molecule has 0 radical (unpaired) electrons. The molecule has 0 saturated carbocycles. The molecule has 2 nitrogen and oxygen atoms in total. The number of halogens is 1. The predicted molar refractivity (Wildman–Crippen MR) is 58.7 cm³/mol. The van der Waals surface area contributed by atoms with Crippen molar-refractivity contribution in [2.24, 2.45) is 5.92 Å². The number of hydrogen-bond donors (Lipinski definition) is 1. The van der Waals surface area contributed by atoms with E-state index in [0.29, 0.717) is 5.92 Å². The number of nitrogens with one attached hydrogen (secondary N) is 1. The van der Waals surface area contributed by atoms with Crippen molar-refractivity contribution in [3.05, 3.63) is 35.5 Å². The van der Waals surface area contributed by atoms with Gasteiger partial charge < -0.3 is 10.1 Å². The van der Waals surface area contributed by atoms with Crippen LogP contribution >= 0.6 is 12.4 Å². The zero-order valence-electron chi connectivity index (χ0n) is 7.90. The van der Waals surface area contributed by atoms with Gasteiger partial charge in [0.2, 0.25) is 0 Å². The van der Waals surface area contributed by atoms with Crippen molar-refractivity contribution >= 4 is 12.4 Å². The lowest BCUT2D eigenvalue weighted by Crippen LogP contribution is -2.28. The summed E-state index contributed by atoms with van der Waals surface area (Å²) in [5.74, 6) is 0.627. The molecule has 1 aliphatic carbocycles. The quantitative estimate of drug-likeness (QED) is 0.655. The van der Waals surface area contributed by atoms with Crippen LogP contribution < -0.4 is 5.32 Å². The van der Waals surface area contributed by atoms with Gasteiger partial charge in [-0.3, -0.25) is 0 Å². The summed E-state index contributed by atoms with van der Waals surface area (Å²) >= 11 is 0. The first-order chi connectivity index (χ1) is 6.45. The highest BCUT2D eigenvalue weighted by atomic mass is 35.5. The van der Waals surface area contributed by atoms with Gasteiger partial charge in [-0.2, -0.15) is 0 Å². The smallest absolute Gasteiger partial charge is 0.101 e. The van der Waals surface area contributed by atoms with Gasteiger partial charge in [-0.15, -0.1) is 12.4 Å². The lowest BCUT2D eigenvalue weighted by Gasteiger charge is -2.28. The van der Waals surface area contributed by atoms with Crippen molar-refractivity contribution in [2.75, 3.05) is 19.7 Å². The highest BCUT2D eigenvalue weighted by Crippen LogP contribution is 2.31. The molecule has 0 aromatic rings. The molecule has 0 bridgehead atoms. The number of hydrogen-bond acceptors (Lipinski definition) is 2. The Morgan fingerprint density at radius 1 is 1.36 bits per heavy atom. The van der Waals surface area contributed by atoms with Crippen LogP contribution in [0, 0.1) is 5.92 Å². The molecule has 1 N–H and O–H groups in total. The van der Waals surface area contributed by atoms with Crippen molar-refractivity contribution in [2.45, 2.75) is 6.10 Å². The van der Waals surface area contributed by atoms with Crippen molar-refractivity contribution in [1.82, 2.24) is 5.32 Å². The average molecular weight is 212 g/mol. The minimum Gasteiger partial charge on any atom is -0.369 e. The Balaban J connectivity index is 0.000000750. The fraction of sp³-hybridized carbons (Fsp3) is 0.455. The van der Waals surface area contributed by atoms with Gasteiger partial charge in [-0.25, -0.2) is 0 Å². The molecule has 2 aliphatic heterocycles. The van der Waals surface area contributed by atoms with E-state index in [0.717, 1.165) is 19.7 Å². The van der Waals surface area contributed by atoms with Crippen molar-refractivity contribution in [3.63, 3.8) is 0 Å². The van der Waals surface area contributed by atoms with Gasteiger partial charge >= 0.3 is 0 Å². The van der Waals surface area contributed by atoms with Crippen LogP contribution in [0.2, 0.25) is 0 Å². The molecular weight excluding hydrogens is 198 g/mol. The molecule has 3 rings (SSSR count). The van der Waals surface area contributed by atoms with E-state index in [1.54, 1.807) is 5.57 Å². The molecule has 0 aromatic heterocycles. The SMILES string of the molecule is C1=CC2=C3CNCC3COC2C=C1.Cl. The summed E-state index contributed by atoms with van der Waals surface area (Å²) in [6.07, 6.45) is 8.73. The molecule has 2 unspecified atom stereocenters. The first-order valence-electron chi connectivity index (χ1n) is 4.85. The molecule has 0 aromatic carbocycles. The van der Waals surface area contributed by atoms with E-state index in [2.05, 4.69) is 29.6 Å². The Morgan fingerprint density at radius 3 is 3.21 bits per heavy atom. The minimum absolute atomic E-state index is 0. The van der Waals surface area contributed by atoms with Crippen LogP contribution in [0.4, 0.5) is 0 Å². The normalized spacial score (nSPS) is 33.7. The van der Waals surface area contributed by atoms with E-state index in [-0.39, 0.29) is 18.5 Å². The van der Waals surface area contributed by atoms with Crippen LogP contribution in [-0.2, 0) is 4.74 Å². The third-order valence-corrected chi connectivity index (χ3v) is 3.03. The van der Waals surface area contributed by atoms with E-state index in [1.807, 2.05) is 0 Å². The molecule has 3 heteroatoms. The maximum atomic E-state index is 5.76. The third kappa shape index (κ3) is 1.44. The van der Waals surface area contributed by atoms with Crippen LogP contribution in [0.1, 0.15) is 0 Å². The van der Waals surface area contributed by atoms with Gasteiger partial charge in [0.15, 0.2) is 0 Å². The fourth-order valence-corrected chi connectivity index (χ4v) is 2.32. The summed E-state index contributed by atoms with van der Waals surface area (Å²) in [5.41, 5.74) is 2.96. The van der Waals surface area contributed by atoms with Crippen molar-refractivity contribution < 1.29 is 4.74 Å². The Labute approximate surface area is 90.1 Å². The summed E-state index contributed by atoms with van der Waals surface area (Å²) in [6, 6.07) is 0. The Kier molecular flexibility index (Phi) is 2.77. The molecule has 1 saturated heterocycles. The lowest BCUT2D eigenvalue weighted by atomic mass is 9.90. The second kappa shape index (κ2) is 3.89. The van der Waals surface area contributed by atoms with Crippen molar-refractivity contribution in [3.8, 4) is 0 Å².